The zero-order valence-electron chi connectivity index (χ0n) is 6.03. The Kier molecular flexibility index (Phi) is 2.38. The zero-order chi connectivity index (χ0) is 8.97. The molecule has 12 heavy (non-hydrogen) atoms. The summed E-state index contributed by atoms with van der Waals surface area (Å²) in [5.41, 5.74) is 0.419. The fraction of sp³-hybridized carbons (Fsp3) is 0. The van der Waals surface area contributed by atoms with E-state index in [1.807, 2.05) is 0 Å². The number of halogens is 1. The molecule has 0 unspecified atom stereocenters. The lowest BCUT2D eigenvalue weighted by atomic mass is 10.1. The Labute approximate surface area is 68.4 Å². The first-order chi connectivity index (χ1) is 5.77. The van der Waals surface area contributed by atoms with Crippen molar-refractivity contribution < 1.29 is 9.60 Å². The molecule has 0 radical (unpaired) electrons. The van der Waals surface area contributed by atoms with Gasteiger partial charge in [0, 0.05) is 0 Å². The van der Waals surface area contributed by atoms with Crippen LogP contribution in [0.5, 0.6) is 0 Å². The highest BCUT2D eigenvalue weighted by Gasteiger charge is 2.00. The first-order valence-corrected chi connectivity index (χ1v) is 3.15. The van der Waals surface area contributed by atoms with E-state index in [0.29, 0.717) is 5.56 Å². The van der Waals surface area contributed by atoms with Crippen molar-refractivity contribution in [1.82, 2.24) is 0 Å². The molecule has 0 saturated carbocycles. The second kappa shape index (κ2) is 3.49. The second-order valence-electron chi connectivity index (χ2n) is 2.10. The van der Waals surface area contributed by atoms with Crippen LogP contribution in [-0.2, 0) is 0 Å². The lowest BCUT2D eigenvalue weighted by Gasteiger charge is -1.93. The Morgan fingerprint density at radius 3 is 2.92 bits per heavy atom. The van der Waals surface area contributed by atoms with Crippen LogP contribution in [0.1, 0.15) is 11.1 Å². The molecule has 0 aliphatic heterocycles. The topological polar surface area (TPSA) is 56.4 Å². The summed E-state index contributed by atoms with van der Waals surface area (Å²) in [6, 6.07) is 5.54. The van der Waals surface area contributed by atoms with Gasteiger partial charge in [-0.05, 0) is 17.7 Å². The Morgan fingerprint density at radius 2 is 2.33 bits per heavy atom. The van der Waals surface area contributed by atoms with Crippen LogP contribution in [-0.4, -0.2) is 11.4 Å². The van der Waals surface area contributed by atoms with Gasteiger partial charge in [-0.2, -0.15) is 5.26 Å². The Balaban J connectivity index is 3.16. The molecule has 1 aromatic rings. The largest absolute Gasteiger partial charge is 0.411 e. The lowest BCUT2D eigenvalue weighted by molar-refractivity contribution is 0.322. The van der Waals surface area contributed by atoms with Crippen molar-refractivity contribution in [2.45, 2.75) is 0 Å². The van der Waals surface area contributed by atoms with Crippen molar-refractivity contribution in [3.8, 4) is 6.07 Å². The molecule has 0 atom stereocenters. The van der Waals surface area contributed by atoms with E-state index in [1.54, 1.807) is 6.07 Å². The maximum Gasteiger partial charge on any atom is 0.140 e. The first-order valence-electron chi connectivity index (χ1n) is 3.15. The molecular formula is C8H5FN2O. The van der Waals surface area contributed by atoms with Crippen LogP contribution in [0.15, 0.2) is 23.4 Å². The summed E-state index contributed by atoms with van der Waals surface area (Å²) < 4.78 is 12.7. The molecule has 4 heteroatoms. The highest BCUT2D eigenvalue weighted by Crippen LogP contribution is 2.07. The van der Waals surface area contributed by atoms with E-state index in [4.69, 9.17) is 10.5 Å². The van der Waals surface area contributed by atoms with Crippen LogP contribution < -0.4 is 0 Å². The summed E-state index contributed by atoms with van der Waals surface area (Å²) in [7, 11) is 0. The van der Waals surface area contributed by atoms with Gasteiger partial charge in [-0.25, -0.2) is 4.39 Å². The van der Waals surface area contributed by atoms with Crippen molar-refractivity contribution in [1.29, 1.82) is 5.26 Å². The predicted molar refractivity (Wildman–Crippen MR) is 40.5 cm³/mol. The van der Waals surface area contributed by atoms with Crippen molar-refractivity contribution in [2.24, 2.45) is 5.16 Å². The highest BCUT2D eigenvalue weighted by atomic mass is 19.1. The van der Waals surface area contributed by atoms with Crippen molar-refractivity contribution >= 4 is 6.21 Å². The number of oxime groups is 1. The summed E-state index contributed by atoms with van der Waals surface area (Å²) >= 11 is 0. The molecule has 3 nitrogen and oxygen atoms in total. The molecule has 60 valence electrons. The number of rotatable bonds is 1. The number of hydrogen-bond donors (Lipinski definition) is 1. The van der Waals surface area contributed by atoms with E-state index in [9.17, 15) is 4.39 Å². The molecule has 1 rings (SSSR count). The molecule has 0 aromatic heterocycles. The fourth-order valence-corrected chi connectivity index (χ4v) is 0.776. The minimum absolute atomic E-state index is 0.0626. The molecule has 0 bridgehead atoms. The van der Waals surface area contributed by atoms with Gasteiger partial charge in [-0.1, -0.05) is 11.2 Å². The van der Waals surface area contributed by atoms with Crippen LogP contribution in [0.25, 0.3) is 0 Å². The van der Waals surface area contributed by atoms with Gasteiger partial charge in [0.15, 0.2) is 0 Å². The molecule has 1 N–H and O–H groups in total. The molecule has 1 aromatic carbocycles. The second-order valence-corrected chi connectivity index (χ2v) is 2.10. The van der Waals surface area contributed by atoms with Crippen LogP contribution in [0.3, 0.4) is 0 Å². The number of benzene rings is 1. The predicted octanol–water partition coefficient (Wildman–Crippen LogP) is 1.51. The third-order valence-electron chi connectivity index (χ3n) is 1.32. The Bertz CT molecular complexity index is 355. The van der Waals surface area contributed by atoms with E-state index >= 15 is 0 Å². The number of nitrogens with zero attached hydrogens (tertiary/aromatic N) is 2. The fourth-order valence-electron chi connectivity index (χ4n) is 0.776. The molecular weight excluding hydrogens is 159 g/mol. The summed E-state index contributed by atoms with van der Waals surface area (Å²) in [5.74, 6) is -0.576. The molecule has 0 fully saturated rings. The summed E-state index contributed by atoms with van der Waals surface area (Å²) in [5, 5.41) is 19.3. The molecule has 0 amide bonds. The normalized spacial score (nSPS) is 10.0. The maximum atomic E-state index is 12.7. The minimum atomic E-state index is -0.576. The van der Waals surface area contributed by atoms with Gasteiger partial charge < -0.3 is 5.21 Å². The Morgan fingerprint density at radius 1 is 1.58 bits per heavy atom. The van der Waals surface area contributed by atoms with Gasteiger partial charge in [0.25, 0.3) is 0 Å². The third kappa shape index (κ3) is 1.58. The smallest absolute Gasteiger partial charge is 0.140 e. The van der Waals surface area contributed by atoms with E-state index in [-0.39, 0.29) is 5.56 Å². The number of nitriles is 1. The maximum absolute atomic E-state index is 12.7. The van der Waals surface area contributed by atoms with E-state index in [2.05, 4.69) is 5.16 Å². The SMILES string of the molecule is N#Cc1cc(/C=N\O)ccc1F. The van der Waals surface area contributed by atoms with Crippen LogP contribution in [0.4, 0.5) is 4.39 Å². The lowest BCUT2D eigenvalue weighted by Crippen LogP contribution is -1.87. The van der Waals surface area contributed by atoms with Crippen molar-refractivity contribution in [3.63, 3.8) is 0 Å². The van der Waals surface area contributed by atoms with Crippen LogP contribution in [0, 0.1) is 17.1 Å². The standard InChI is InChI=1S/C8H5FN2O/c9-8-2-1-6(5-11-12)3-7(8)4-10/h1-3,5,12H/b11-5-. The van der Waals surface area contributed by atoms with Crippen molar-refractivity contribution in [3.05, 3.63) is 35.1 Å². The highest BCUT2D eigenvalue weighted by molar-refractivity contribution is 5.79. The third-order valence-corrected chi connectivity index (χ3v) is 1.32. The molecule has 0 aliphatic carbocycles. The first kappa shape index (κ1) is 8.21. The monoisotopic (exact) mass is 164 g/mol. The number of hydrogen-bond acceptors (Lipinski definition) is 3. The van der Waals surface area contributed by atoms with E-state index < -0.39 is 5.82 Å². The van der Waals surface area contributed by atoms with Crippen molar-refractivity contribution in [2.75, 3.05) is 0 Å². The van der Waals surface area contributed by atoms with Gasteiger partial charge in [-0.3, -0.25) is 0 Å². The van der Waals surface area contributed by atoms with Crippen LogP contribution >= 0.6 is 0 Å². The van der Waals surface area contributed by atoms with Gasteiger partial charge in [-0.15, -0.1) is 0 Å². The average Bonchev–Trinajstić information content (AvgIpc) is 2.09. The van der Waals surface area contributed by atoms with Gasteiger partial charge in [0.2, 0.25) is 0 Å². The van der Waals surface area contributed by atoms with Gasteiger partial charge in [0.05, 0.1) is 11.8 Å². The molecule has 0 aliphatic rings. The summed E-state index contributed by atoms with van der Waals surface area (Å²) in [6.45, 7) is 0. The van der Waals surface area contributed by atoms with Gasteiger partial charge in [0.1, 0.15) is 11.9 Å². The average molecular weight is 164 g/mol. The summed E-state index contributed by atoms with van der Waals surface area (Å²) in [6.07, 6.45) is 1.13. The Hall–Kier alpha value is -1.89. The molecule has 0 saturated heterocycles. The van der Waals surface area contributed by atoms with E-state index in [1.165, 1.54) is 12.1 Å². The minimum Gasteiger partial charge on any atom is -0.411 e. The zero-order valence-corrected chi connectivity index (χ0v) is 6.03. The van der Waals surface area contributed by atoms with Crippen LogP contribution in [0.2, 0.25) is 0 Å². The van der Waals surface area contributed by atoms with E-state index in [0.717, 1.165) is 12.3 Å². The van der Waals surface area contributed by atoms with Gasteiger partial charge >= 0.3 is 0 Å². The molecule has 0 spiro atoms. The quantitative estimate of drug-likeness (QED) is 0.388. The molecule has 0 heterocycles. The summed E-state index contributed by atoms with van der Waals surface area (Å²) in [4.78, 5) is 0.